The predicted octanol–water partition coefficient (Wildman–Crippen LogP) is 5.68. The maximum atomic E-state index is 13.1. The van der Waals surface area contributed by atoms with Crippen LogP contribution in [-0.4, -0.2) is 30.0 Å². The molecule has 0 spiro atoms. The van der Waals surface area contributed by atoms with Gasteiger partial charge in [-0.2, -0.15) is 4.98 Å². The Morgan fingerprint density at radius 2 is 1.62 bits per heavy atom. The number of carbonyl (C=O) groups is 1. The summed E-state index contributed by atoms with van der Waals surface area (Å²) in [4.78, 5) is 23.6. The van der Waals surface area contributed by atoms with Gasteiger partial charge in [0.15, 0.2) is 0 Å². The Bertz CT molecular complexity index is 1280. The normalized spacial score (nSPS) is 10.5. The van der Waals surface area contributed by atoms with Crippen LogP contribution in [0.15, 0.2) is 66.7 Å². The highest BCUT2D eigenvalue weighted by Gasteiger charge is 2.10. The molecule has 0 aliphatic rings. The average Bonchev–Trinajstić information content (AvgIpc) is 2.83. The Hall–Kier alpha value is -3.71. The number of anilines is 3. The van der Waals surface area contributed by atoms with Crippen molar-refractivity contribution in [1.82, 2.24) is 9.97 Å². The molecule has 176 valence electrons. The molecular formula is C26H27ClFN5O. The number of carbonyl (C=O) groups excluding carboxylic acids is 1. The minimum absolute atomic E-state index is 0. The van der Waals surface area contributed by atoms with Crippen molar-refractivity contribution in [3.8, 4) is 0 Å². The van der Waals surface area contributed by atoms with E-state index in [0.717, 1.165) is 28.7 Å². The summed E-state index contributed by atoms with van der Waals surface area (Å²) in [6, 6.07) is 19.3. The zero-order chi connectivity index (χ0) is 23.4. The van der Waals surface area contributed by atoms with Crippen LogP contribution in [0.4, 0.5) is 21.8 Å². The van der Waals surface area contributed by atoms with Crippen molar-refractivity contribution >= 4 is 46.7 Å². The Balaban J connectivity index is 0.00000324. The van der Waals surface area contributed by atoms with Crippen molar-refractivity contribution in [2.24, 2.45) is 0 Å². The highest BCUT2D eigenvalue weighted by molar-refractivity contribution is 6.04. The second-order valence-electron chi connectivity index (χ2n) is 7.98. The third-order valence-corrected chi connectivity index (χ3v) is 5.34. The first kappa shape index (κ1) is 24.9. The van der Waals surface area contributed by atoms with Crippen LogP contribution in [-0.2, 0) is 13.0 Å². The lowest BCUT2D eigenvalue weighted by Crippen LogP contribution is -2.14. The number of nitrogens with zero attached hydrogens (tertiary/aromatic N) is 3. The van der Waals surface area contributed by atoms with E-state index in [2.05, 4.69) is 45.7 Å². The van der Waals surface area contributed by atoms with E-state index in [1.807, 2.05) is 43.3 Å². The largest absolute Gasteiger partial charge is 0.365 e. The fraction of sp³-hybridized carbons (Fsp3) is 0.192. The monoisotopic (exact) mass is 479 g/mol. The van der Waals surface area contributed by atoms with Gasteiger partial charge < -0.3 is 15.5 Å². The van der Waals surface area contributed by atoms with Gasteiger partial charge in [-0.15, -0.1) is 12.4 Å². The van der Waals surface area contributed by atoms with Gasteiger partial charge >= 0.3 is 0 Å². The van der Waals surface area contributed by atoms with Crippen molar-refractivity contribution in [3.05, 3.63) is 89.2 Å². The SMILES string of the molecule is CCc1ccc2c(NCc3ccc(NC(=O)c4ccc(F)cc4)cc3)nc(N(C)C)nc2c1.Cl. The minimum Gasteiger partial charge on any atom is -0.365 e. The van der Waals surface area contributed by atoms with E-state index in [1.165, 1.54) is 29.8 Å². The summed E-state index contributed by atoms with van der Waals surface area (Å²) in [6.45, 7) is 2.70. The Labute approximate surface area is 204 Å². The number of aromatic nitrogens is 2. The molecule has 0 bridgehead atoms. The van der Waals surface area contributed by atoms with E-state index in [0.29, 0.717) is 23.7 Å². The summed E-state index contributed by atoms with van der Waals surface area (Å²) in [5, 5.41) is 7.23. The zero-order valence-corrected chi connectivity index (χ0v) is 20.1. The number of hydrogen-bond donors (Lipinski definition) is 2. The topological polar surface area (TPSA) is 70.2 Å². The summed E-state index contributed by atoms with van der Waals surface area (Å²) < 4.78 is 13.1. The number of hydrogen-bond acceptors (Lipinski definition) is 5. The van der Waals surface area contributed by atoms with Gasteiger partial charge in [0.05, 0.1) is 5.52 Å². The first-order valence-corrected chi connectivity index (χ1v) is 10.8. The quantitative estimate of drug-likeness (QED) is 0.356. The van der Waals surface area contributed by atoms with Crippen molar-refractivity contribution in [2.75, 3.05) is 29.6 Å². The fourth-order valence-electron chi connectivity index (χ4n) is 3.41. The Morgan fingerprint density at radius 3 is 2.26 bits per heavy atom. The number of aryl methyl sites for hydroxylation is 1. The number of fused-ring (bicyclic) bond motifs is 1. The molecule has 8 heteroatoms. The molecule has 4 aromatic rings. The van der Waals surface area contributed by atoms with Crippen LogP contribution < -0.4 is 15.5 Å². The van der Waals surface area contributed by atoms with Crippen molar-refractivity contribution in [3.63, 3.8) is 0 Å². The number of nitrogens with one attached hydrogen (secondary N) is 2. The smallest absolute Gasteiger partial charge is 0.255 e. The third kappa shape index (κ3) is 5.80. The van der Waals surface area contributed by atoms with Crippen LogP contribution in [0.25, 0.3) is 10.9 Å². The van der Waals surface area contributed by atoms with E-state index in [-0.39, 0.29) is 24.1 Å². The van der Waals surface area contributed by atoms with Gasteiger partial charge in [0.1, 0.15) is 11.6 Å². The van der Waals surface area contributed by atoms with Gasteiger partial charge in [-0.05, 0) is 66.1 Å². The van der Waals surface area contributed by atoms with Crippen molar-refractivity contribution in [1.29, 1.82) is 0 Å². The number of amides is 1. The summed E-state index contributed by atoms with van der Waals surface area (Å²) in [5.41, 5.74) is 4.26. The first-order valence-electron chi connectivity index (χ1n) is 10.8. The standard InChI is InChI=1S/C26H26FN5O.ClH/c1-4-17-7-14-22-23(15-17)30-26(32(2)3)31-24(22)28-16-18-5-12-21(13-6-18)29-25(33)19-8-10-20(27)11-9-19;/h5-15H,4,16H2,1-3H3,(H,29,33)(H,28,30,31);1H. The van der Waals surface area contributed by atoms with Crippen LogP contribution in [0, 0.1) is 5.82 Å². The molecular weight excluding hydrogens is 453 g/mol. The second-order valence-corrected chi connectivity index (χ2v) is 7.98. The van der Waals surface area contributed by atoms with Gasteiger partial charge in [-0.25, -0.2) is 9.37 Å². The predicted molar refractivity (Wildman–Crippen MR) is 139 cm³/mol. The number of benzene rings is 3. The average molecular weight is 480 g/mol. The highest BCUT2D eigenvalue weighted by Crippen LogP contribution is 2.25. The van der Waals surface area contributed by atoms with Crippen molar-refractivity contribution < 1.29 is 9.18 Å². The van der Waals surface area contributed by atoms with Gasteiger partial charge in [-0.3, -0.25) is 4.79 Å². The molecule has 3 aromatic carbocycles. The lowest BCUT2D eigenvalue weighted by molar-refractivity contribution is 0.102. The van der Waals surface area contributed by atoms with Crippen LogP contribution in [0.1, 0.15) is 28.4 Å². The first-order chi connectivity index (χ1) is 15.9. The Morgan fingerprint density at radius 1 is 0.941 bits per heavy atom. The molecule has 2 N–H and O–H groups in total. The van der Waals surface area contributed by atoms with Gasteiger partial charge in [0, 0.05) is 37.3 Å². The molecule has 6 nitrogen and oxygen atoms in total. The maximum absolute atomic E-state index is 13.1. The van der Waals surface area contributed by atoms with Crippen LogP contribution in [0.2, 0.25) is 0 Å². The molecule has 1 heterocycles. The highest BCUT2D eigenvalue weighted by atomic mass is 35.5. The van der Waals surface area contributed by atoms with Crippen LogP contribution >= 0.6 is 12.4 Å². The molecule has 34 heavy (non-hydrogen) atoms. The zero-order valence-electron chi connectivity index (χ0n) is 19.3. The lowest BCUT2D eigenvalue weighted by atomic mass is 10.1. The summed E-state index contributed by atoms with van der Waals surface area (Å²) >= 11 is 0. The molecule has 0 saturated heterocycles. The molecule has 1 amide bonds. The molecule has 0 atom stereocenters. The van der Waals surface area contributed by atoms with Crippen LogP contribution in [0.3, 0.4) is 0 Å². The third-order valence-electron chi connectivity index (χ3n) is 5.34. The minimum atomic E-state index is -0.372. The molecule has 0 radical (unpaired) electrons. The summed E-state index contributed by atoms with van der Waals surface area (Å²) in [7, 11) is 3.85. The lowest BCUT2D eigenvalue weighted by Gasteiger charge is -2.15. The molecule has 0 aliphatic carbocycles. The van der Waals surface area contributed by atoms with Crippen molar-refractivity contribution in [2.45, 2.75) is 19.9 Å². The number of halogens is 2. The van der Waals surface area contributed by atoms with Gasteiger partial charge in [-0.1, -0.05) is 25.1 Å². The van der Waals surface area contributed by atoms with E-state index in [1.54, 1.807) is 0 Å². The molecule has 0 aliphatic heterocycles. The Kier molecular flexibility index (Phi) is 8.02. The molecule has 0 fully saturated rings. The van der Waals surface area contributed by atoms with E-state index >= 15 is 0 Å². The van der Waals surface area contributed by atoms with E-state index in [4.69, 9.17) is 0 Å². The second kappa shape index (κ2) is 10.9. The maximum Gasteiger partial charge on any atom is 0.255 e. The molecule has 4 rings (SSSR count). The molecule has 0 unspecified atom stereocenters. The number of rotatable bonds is 7. The van der Waals surface area contributed by atoms with Gasteiger partial charge in [0.2, 0.25) is 5.95 Å². The van der Waals surface area contributed by atoms with Crippen LogP contribution in [0.5, 0.6) is 0 Å². The van der Waals surface area contributed by atoms with Gasteiger partial charge in [0.25, 0.3) is 5.91 Å². The van der Waals surface area contributed by atoms with E-state index in [9.17, 15) is 9.18 Å². The van der Waals surface area contributed by atoms with E-state index < -0.39 is 0 Å². The fourth-order valence-corrected chi connectivity index (χ4v) is 3.41. The summed E-state index contributed by atoms with van der Waals surface area (Å²) in [6.07, 6.45) is 0.948. The summed E-state index contributed by atoms with van der Waals surface area (Å²) in [5.74, 6) is 0.775. The molecule has 1 aromatic heterocycles. The molecule has 0 saturated carbocycles.